The number of aromatic nitrogens is 2. The highest BCUT2D eigenvalue weighted by atomic mass is 35.5. The lowest BCUT2D eigenvalue weighted by Crippen LogP contribution is -2.31. The van der Waals surface area contributed by atoms with Gasteiger partial charge in [0.15, 0.2) is 17.2 Å². The van der Waals surface area contributed by atoms with Crippen molar-refractivity contribution in [3.8, 4) is 6.07 Å². The van der Waals surface area contributed by atoms with Crippen LogP contribution in [-0.2, 0) is 14.2 Å². The van der Waals surface area contributed by atoms with Gasteiger partial charge < -0.3 is 29.2 Å². The maximum absolute atomic E-state index is 13.4. The van der Waals surface area contributed by atoms with Crippen LogP contribution in [-0.4, -0.2) is 45.4 Å². The van der Waals surface area contributed by atoms with Gasteiger partial charge in [0.2, 0.25) is 0 Å². The van der Waals surface area contributed by atoms with Crippen LogP contribution in [0.2, 0.25) is 5.15 Å². The highest BCUT2D eigenvalue weighted by molar-refractivity contribution is 6.31. The molecule has 10 heteroatoms. The summed E-state index contributed by atoms with van der Waals surface area (Å²) in [5.74, 6) is -1.14. The molecule has 0 saturated carbocycles. The van der Waals surface area contributed by atoms with Crippen LogP contribution in [0.4, 0.5) is 10.1 Å². The van der Waals surface area contributed by atoms with Crippen molar-refractivity contribution in [2.24, 2.45) is 0 Å². The summed E-state index contributed by atoms with van der Waals surface area (Å²) in [4.78, 5) is 4.48. The average Bonchev–Trinajstić information content (AvgIpc) is 3.44. The van der Waals surface area contributed by atoms with Gasteiger partial charge in [-0.2, -0.15) is 5.26 Å². The van der Waals surface area contributed by atoms with E-state index in [1.54, 1.807) is 22.9 Å². The molecular weight excluding hydrogens is 463 g/mol. The molecule has 2 saturated heterocycles. The molecule has 0 spiro atoms. The third kappa shape index (κ3) is 3.82. The minimum Gasteiger partial charge on any atom is -0.394 e. The maximum atomic E-state index is 13.4. The Morgan fingerprint density at radius 3 is 2.65 bits per heavy atom. The maximum Gasteiger partial charge on any atom is 0.164 e. The van der Waals surface area contributed by atoms with Gasteiger partial charge in [0.25, 0.3) is 0 Å². The number of hydrogen-bond acceptors (Lipinski definition) is 7. The van der Waals surface area contributed by atoms with E-state index >= 15 is 0 Å². The number of fused-ring (bicyclic) bond motifs is 2. The van der Waals surface area contributed by atoms with E-state index in [1.807, 2.05) is 26.8 Å². The third-order valence-electron chi connectivity index (χ3n) is 6.24. The zero-order valence-corrected chi connectivity index (χ0v) is 19.6. The molecule has 178 valence electrons. The molecule has 0 amide bonds. The molecule has 5 rings (SSSR count). The largest absolute Gasteiger partial charge is 0.394 e. The average molecular weight is 487 g/mol. The molecule has 2 N–H and O–H groups in total. The number of pyridine rings is 1. The van der Waals surface area contributed by atoms with Crippen LogP contribution in [0.3, 0.4) is 0 Å². The Hall–Kier alpha value is -2.74. The number of hydrogen-bond donors (Lipinski definition) is 2. The third-order valence-corrected chi connectivity index (χ3v) is 6.51. The molecule has 1 aromatic carbocycles. The fourth-order valence-corrected chi connectivity index (χ4v) is 4.89. The molecule has 0 bridgehead atoms. The predicted molar refractivity (Wildman–Crippen MR) is 123 cm³/mol. The summed E-state index contributed by atoms with van der Waals surface area (Å²) < 4.78 is 33.3. The fraction of sp³-hybridized carbons (Fsp3) is 0.417. The van der Waals surface area contributed by atoms with Gasteiger partial charge in [-0.3, -0.25) is 0 Å². The molecular formula is C24H24ClFN4O4. The summed E-state index contributed by atoms with van der Waals surface area (Å²) in [5, 5.41) is 23.7. The Bertz CT molecular complexity index is 1270. The molecule has 8 nitrogen and oxygen atoms in total. The van der Waals surface area contributed by atoms with Crippen LogP contribution in [0.15, 0.2) is 36.5 Å². The number of halogens is 2. The second-order valence-electron chi connectivity index (χ2n) is 8.95. The van der Waals surface area contributed by atoms with Crippen molar-refractivity contribution in [2.45, 2.75) is 57.1 Å². The second-order valence-corrected chi connectivity index (χ2v) is 9.31. The molecule has 3 aromatic rings. The van der Waals surface area contributed by atoms with Crippen LogP contribution in [0.1, 0.15) is 44.2 Å². The quantitative estimate of drug-likeness (QED) is 0.519. The molecule has 2 aliphatic heterocycles. The van der Waals surface area contributed by atoms with E-state index in [-0.39, 0.29) is 29.2 Å². The van der Waals surface area contributed by atoms with Gasteiger partial charge in [-0.25, -0.2) is 9.37 Å². The minimum atomic E-state index is -0.815. The van der Waals surface area contributed by atoms with E-state index in [4.69, 9.17) is 25.8 Å². The van der Waals surface area contributed by atoms with Crippen molar-refractivity contribution in [2.75, 3.05) is 11.9 Å². The first-order valence-corrected chi connectivity index (χ1v) is 11.3. The summed E-state index contributed by atoms with van der Waals surface area (Å²) >= 11 is 6.43. The first kappa shape index (κ1) is 23.0. The van der Waals surface area contributed by atoms with Crippen LogP contribution in [0.25, 0.3) is 11.0 Å². The Kier molecular flexibility index (Phi) is 5.74. The smallest absolute Gasteiger partial charge is 0.164 e. The number of rotatable bonds is 5. The van der Waals surface area contributed by atoms with E-state index in [1.165, 1.54) is 12.1 Å². The molecule has 0 unspecified atom stereocenters. The van der Waals surface area contributed by atoms with Gasteiger partial charge in [-0.1, -0.05) is 23.7 Å². The van der Waals surface area contributed by atoms with Gasteiger partial charge in [-0.15, -0.1) is 0 Å². The van der Waals surface area contributed by atoms with Gasteiger partial charge in [-0.05, 0) is 44.5 Å². The van der Waals surface area contributed by atoms with Crippen molar-refractivity contribution in [3.05, 3.63) is 58.6 Å². The van der Waals surface area contributed by atoms with E-state index < -0.39 is 30.3 Å². The van der Waals surface area contributed by atoms with Crippen molar-refractivity contribution in [3.63, 3.8) is 0 Å². The number of nitrogens with zero attached hydrogens (tertiary/aromatic N) is 3. The highest BCUT2D eigenvalue weighted by Gasteiger charge is 2.55. The summed E-state index contributed by atoms with van der Waals surface area (Å²) in [6, 6.07) is 9.86. The Balaban J connectivity index is 1.56. The molecule has 4 heterocycles. The SMILES string of the molecule is C[C@H](Nc1c(C#N)c(Cl)nc2c1ccn2[C@@H]1O[C@H](CO)[C@H]2OC(C)(C)O[C@H]21)c1ccc(F)cc1. The summed E-state index contributed by atoms with van der Waals surface area (Å²) in [7, 11) is 0. The summed E-state index contributed by atoms with van der Waals surface area (Å²) in [5.41, 5.74) is 2.07. The normalized spacial score (nSPS) is 26.4. The molecule has 2 aromatic heterocycles. The predicted octanol–water partition coefficient (Wildman–Crippen LogP) is 4.28. The standard InChI is InChI=1S/C24H24ClFN4O4/c1-12(13-4-6-14(26)7-5-13)28-18-15-8-9-30(22(15)29-21(25)16(18)10-27)23-20-19(17(11-31)32-23)33-24(2,3)34-20/h4-9,12,17,19-20,23,31H,11H2,1-3H3,(H,28,29)/t12-,17+,19+,20+,23+/m0/s1. The van der Waals surface area contributed by atoms with Crippen molar-refractivity contribution in [1.29, 1.82) is 5.26 Å². The summed E-state index contributed by atoms with van der Waals surface area (Å²) in [6.45, 7) is 5.33. The van der Waals surface area contributed by atoms with Gasteiger partial charge in [0, 0.05) is 17.6 Å². The fourth-order valence-electron chi connectivity index (χ4n) is 4.68. The number of ether oxygens (including phenoxy) is 3. The van der Waals surface area contributed by atoms with Crippen LogP contribution < -0.4 is 5.32 Å². The minimum absolute atomic E-state index is 0.0425. The first-order valence-electron chi connectivity index (χ1n) is 11.0. The monoisotopic (exact) mass is 486 g/mol. The van der Waals surface area contributed by atoms with Crippen LogP contribution in [0, 0.1) is 17.1 Å². The lowest BCUT2D eigenvalue weighted by molar-refractivity contribution is -0.199. The number of nitrogens with one attached hydrogen (secondary N) is 1. The molecule has 0 radical (unpaired) electrons. The van der Waals surface area contributed by atoms with E-state index in [0.29, 0.717) is 16.7 Å². The zero-order chi connectivity index (χ0) is 24.2. The first-order chi connectivity index (χ1) is 16.2. The van der Waals surface area contributed by atoms with Gasteiger partial charge >= 0.3 is 0 Å². The second kappa shape index (κ2) is 8.48. The van der Waals surface area contributed by atoms with Crippen molar-refractivity contribution < 1.29 is 23.7 Å². The molecule has 0 aliphatic carbocycles. The number of aliphatic hydroxyl groups is 1. The molecule has 2 aliphatic rings. The van der Waals surface area contributed by atoms with Crippen LogP contribution in [0.5, 0.6) is 0 Å². The Labute approximate surface area is 200 Å². The highest BCUT2D eigenvalue weighted by Crippen LogP contribution is 2.45. The molecule has 34 heavy (non-hydrogen) atoms. The topological polar surface area (TPSA) is 102 Å². The number of nitriles is 1. The lowest BCUT2D eigenvalue weighted by atomic mass is 10.1. The van der Waals surface area contributed by atoms with Crippen LogP contribution >= 0.6 is 11.6 Å². The number of anilines is 1. The van der Waals surface area contributed by atoms with Gasteiger partial charge in [0.1, 0.15) is 41.4 Å². The Morgan fingerprint density at radius 2 is 1.97 bits per heavy atom. The zero-order valence-electron chi connectivity index (χ0n) is 18.8. The van der Waals surface area contributed by atoms with Crippen molar-refractivity contribution >= 4 is 28.3 Å². The Morgan fingerprint density at radius 1 is 1.26 bits per heavy atom. The van der Waals surface area contributed by atoms with E-state index in [9.17, 15) is 14.8 Å². The van der Waals surface area contributed by atoms with Crippen molar-refractivity contribution in [1.82, 2.24) is 9.55 Å². The molecule has 5 atom stereocenters. The van der Waals surface area contributed by atoms with E-state index in [0.717, 1.165) is 5.56 Å². The number of aliphatic hydroxyl groups excluding tert-OH is 1. The molecule has 2 fully saturated rings. The lowest BCUT2D eigenvalue weighted by Gasteiger charge is -2.24. The van der Waals surface area contributed by atoms with Gasteiger partial charge in [0.05, 0.1) is 12.3 Å². The number of benzene rings is 1. The van der Waals surface area contributed by atoms with E-state index in [2.05, 4.69) is 16.4 Å². The summed E-state index contributed by atoms with van der Waals surface area (Å²) in [6.07, 6.45) is -0.278.